The van der Waals surface area contributed by atoms with Gasteiger partial charge in [0.1, 0.15) is 0 Å². The maximum Gasteiger partial charge on any atom is 0.228 e. The van der Waals surface area contributed by atoms with Gasteiger partial charge in [0.05, 0.1) is 33.5 Å². The molecule has 4 rings (SSSR count). The molecule has 6 nitrogen and oxygen atoms in total. The molecule has 32 heavy (non-hydrogen) atoms. The van der Waals surface area contributed by atoms with Crippen LogP contribution in [0.4, 0.5) is 5.13 Å². The summed E-state index contributed by atoms with van der Waals surface area (Å²) in [6, 6.07) is 12.8. The van der Waals surface area contributed by atoms with Crippen LogP contribution < -0.4 is 4.90 Å². The van der Waals surface area contributed by atoms with Crippen LogP contribution >= 0.6 is 11.3 Å². The first-order valence-corrected chi connectivity index (χ1v) is 13.4. The standard InChI is InChI=1S/C24H28N2O4S2/c1-17-10-12-20(13-11-17)32(28,29)15-5-9-22(27)26(16-19-7-4-14-30-19)24-25-23-18(2)6-3-8-21(23)31-24/h3,6,8,10-13,19H,4-5,7,9,14-16H2,1-2H3. The third-order valence-corrected chi connectivity index (χ3v) is 8.60. The normalized spacial score (nSPS) is 16.5. The number of sulfone groups is 1. The van der Waals surface area contributed by atoms with E-state index in [1.807, 2.05) is 32.0 Å². The van der Waals surface area contributed by atoms with Crippen molar-refractivity contribution in [3.63, 3.8) is 0 Å². The molecule has 1 atom stereocenters. The van der Waals surface area contributed by atoms with Crippen LogP contribution in [0.3, 0.4) is 0 Å². The molecule has 8 heteroatoms. The van der Waals surface area contributed by atoms with E-state index in [4.69, 9.17) is 9.72 Å². The Bertz CT molecular complexity index is 1200. The topological polar surface area (TPSA) is 76.6 Å². The van der Waals surface area contributed by atoms with Gasteiger partial charge in [-0.05, 0) is 56.9 Å². The number of benzene rings is 2. The van der Waals surface area contributed by atoms with Crippen LogP contribution in [-0.2, 0) is 19.4 Å². The average Bonchev–Trinajstić information content (AvgIpc) is 3.42. The Morgan fingerprint density at radius 2 is 1.97 bits per heavy atom. The van der Waals surface area contributed by atoms with Gasteiger partial charge in [0.15, 0.2) is 15.0 Å². The zero-order valence-corrected chi connectivity index (χ0v) is 20.0. The molecule has 3 aromatic rings. The van der Waals surface area contributed by atoms with Gasteiger partial charge in [-0.1, -0.05) is 41.2 Å². The van der Waals surface area contributed by atoms with Crippen molar-refractivity contribution in [2.45, 2.75) is 50.5 Å². The van der Waals surface area contributed by atoms with Crippen molar-refractivity contribution < 1.29 is 17.9 Å². The summed E-state index contributed by atoms with van der Waals surface area (Å²) in [5, 5.41) is 0.649. The van der Waals surface area contributed by atoms with E-state index in [1.165, 1.54) is 11.3 Å². The van der Waals surface area contributed by atoms with E-state index < -0.39 is 9.84 Å². The maximum absolute atomic E-state index is 13.2. The summed E-state index contributed by atoms with van der Waals surface area (Å²) in [4.78, 5) is 19.9. The molecule has 0 saturated carbocycles. The quantitative estimate of drug-likeness (QED) is 0.476. The van der Waals surface area contributed by atoms with E-state index >= 15 is 0 Å². The van der Waals surface area contributed by atoms with E-state index in [9.17, 15) is 13.2 Å². The zero-order chi connectivity index (χ0) is 22.7. The first kappa shape index (κ1) is 22.9. The van der Waals surface area contributed by atoms with Gasteiger partial charge >= 0.3 is 0 Å². The van der Waals surface area contributed by atoms with Crippen molar-refractivity contribution in [2.75, 3.05) is 23.8 Å². The first-order valence-electron chi connectivity index (χ1n) is 10.9. The van der Waals surface area contributed by atoms with Gasteiger partial charge in [-0.25, -0.2) is 13.4 Å². The minimum atomic E-state index is -3.42. The van der Waals surface area contributed by atoms with E-state index in [0.717, 1.165) is 34.2 Å². The lowest BCUT2D eigenvalue weighted by Crippen LogP contribution is -2.37. The molecule has 2 heterocycles. The fourth-order valence-corrected chi connectivity index (χ4v) is 6.26. The number of anilines is 1. The molecule has 0 aliphatic carbocycles. The van der Waals surface area contributed by atoms with Crippen LogP contribution in [0.15, 0.2) is 47.4 Å². The molecule has 0 radical (unpaired) electrons. The van der Waals surface area contributed by atoms with Gasteiger partial charge in [-0.2, -0.15) is 0 Å². The molecule has 1 fully saturated rings. The number of ether oxygens (including phenoxy) is 1. The second-order valence-corrected chi connectivity index (χ2v) is 11.4. The maximum atomic E-state index is 13.2. The molecular weight excluding hydrogens is 444 g/mol. The minimum absolute atomic E-state index is 0.0108. The second-order valence-electron chi connectivity index (χ2n) is 8.29. The molecule has 0 spiro atoms. The molecule has 1 aromatic heterocycles. The second kappa shape index (κ2) is 9.68. The highest BCUT2D eigenvalue weighted by Crippen LogP contribution is 2.32. The molecule has 0 bridgehead atoms. The molecule has 1 aliphatic rings. The predicted molar refractivity (Wildman–Crippen MR) is 128 cm³/mol. The van der Waals surface area contributed by atoms with Crippen molar-refractivity contribution in [1.82, 2.24) is 4.98 Å². The lowest BCUT2D eigenvalue weighted by atomic mass is 10.2. The Hall–Kier alpha value is -2.29. The molecule has 2 aromatic carbocycles. The van der Waals surface area contributed by atoms with Crippen molar-refractivity contribution >= 4 is 42.4 Å². The highest BCUT2D eigenvalue weighted by atomic mass is 32.2. The van der Waals surface area contributed by atoms with Gasteiger partial charge in [0.25, 0.3) is 0 Å². The average molecular weight is 473 g/mol. The number of aromatic nitrogens is 1. The monoisotopic (exact) mass is 472 g/mol. The Kier molecular flexibility index (Phi) is 6.93. The van der Waals surface area contributed by atoms with E-state index in [1.54, 1.807) is 29.2 Å². The summed E-state index contributed by atoms with van der Waals surface area (Å²) in [7, 11) is -3.42. The van der Waals surface area contributed by atoms with E-state index in [2.05, 4.69) is 0 Å². The smallest absolute Gasteiger partial charge is 0.228 e. The fraction of sp³-hybridized carbons (Fsp3) is 0.417. The number of hydrogen-bond donors (Lipinski definition) is 0. The Morgan fingerprint density at radius 3 is 2.66 bits per heavy atom. The number of carbonyl (C=O) groups excluding carboxylic acids is 1. The summed E-state index contributed by atoms with van der Waals surface area (Å²) in [6.45, 7) is 5.08. The Labute approximate surface area is 193 Å². The highest BCUT2D eigenvalue weighted by Gasteiger charge is 2.26. The molecular formula is C24H28N2O4S2. The number of amides is 1. The summed E-state index contributed by atoms with van der Waals surface area (Å²) in [5.41, 5.74) is 2.98. The Balaban J connectivity index is 1.48. The van der Waals surface area contributed by atoms with Gasteiger partial charge < -0.3 is 4.74 Å². The number of para-hydroxylation sites is 1. The molecule has 1 amide bonds. The lowest BCUT2D eigenvalue weighted by Gasteiger charge is -2.23. The molecule has 1 aliphatic heterocycles. The molecule has 170 valence electrons. The number of rotatable bonds is 8. The summed E-state index contributed by atoms with van der Waals surface area (Å²) in [5.74, 6) is -0.176. The number of thiazole rings is 1. The summed E-state index contributed by atoms with van der Waals surface area (Å²) in [6.07, 6.45) is 2.30. The van der Waals surface area contributed by atoms with Crippen molar-refractivity contribution in [3.05, 3.63) is 53.6 Å². The van der Waals surface area contributed by atoms with Crippen LogP contribution in [0.5, 0.6) is 0 Å². The van der Waals surface area contributed by atoms with Crippen molar-refractivity contribution in [2.24, 2.45) is 0 Å². The summed E-state index contributed by atoms with van der Waals surface area (Å²) >= 11 is 1.49. The minimum Gasteiger partial charge on any atom is -0.376 e. The first-order chi connectivity index (χ1) is 15.3. The van der Waals surface area contributed by atoms with Crippen molar-refractivity contribution in [1.29, 1.82) is 0 Å². The third-order valence-electron chi connectivity index (χ3n) is 5.74. The van der Waals surface area contributed by atoms with E-state index in [-0.39, 0.29) is 30.6 Å². The third kappa shape index (κ3) is 5.19. The predicted octanol–water partition coefficient (Wildman–Crippen LogP) is 4.68. The van der Waals surface area contributed by atoms with Crippen LogP contribution in [0, 0.1) is 13.8 Å². The van der Waals surface area contributed by atoms with Crippen LogP contribution in [-0.4, -0.2) is 44.3 Å². The van der Waals surface area contributed by atoms with Crippen LogP contribution in [0.25, 0.3) is 10.2 Å². The highest BCUT2D eigenvalue weighted by molar-refractivity contribution is 7.91. The number of carbonyl (C=O) groups is 1. The van der Waals surface area contributed by atoms with Gasteiger partial charge in [-0.3, -0.25) is 9.69 Å². The summed E-state index contributed by atoms with van der Waals surface area (Å²) < 4.78 is 32.1. The van der Waals surface area contributed by atoms with Gasteiger partial charge in [0, 0.05) is 13.0 Å². The molecule has 1 unspecified atom stereocenters. The van der Waals surface area contributed by atoms with Gasteiger partial charge in [-0.15, -0.1) is 0 Å². The number of hydrogen-bond acceptors (Lipinski definition) is 6. The van der Waals surface area contributed by atoms with E-state index in [0.29, 0.717) is 23.2 Å². The Morgan fingerprint density at radius 1 is 1.19 bits per heavy atom. The number of aryl methyl sites for hydroxylation is 2. The van der Waals surface area contributed by atoms with Crippen molar-refractivity contribution in [3.8, 4) is 0 Å². The SMILES string of the molecule is Cc1ccc(S(=O)(=O)CCCC(=O)N(CC2CCCO2)c2nc3c(C)cccc3s2)cc1. The molecule has 0 N–H and O–H groups in total. The largest absolute Gasteiger partial charge is 0.376 e. The fourth-order valence-electron chi connectivity index (χ4n) is 3.88. The number of fused-ring (bicyclic) bond motifs is 1. The number of nitrogens with zero attached hydrogens (tertiary/aromatic N) is 2. The zero-order valence-electron chi connectivity index (χ0n) is 18.4. The van der Waals surface area contributed by atoms with Crippen LogP contribution in [0.2, 0.25) is 0 Å². The van der Waals surface area contributed by atoms with Crippen LogP contribution in [0.1, 0.15) is 36.8 Å². The molecule has 1 saturated heterocycles. The van der Waals surface area contributed by atoms with Gasteiger partial charge in [0.2, 0.25) is 5.91 Å². The lowest BCUT2D eigenvalue weighted by molar-refractivity contribution is -0.119.